The van der Waals surface area contributed by atoms with Crippen LogP contribution >= 0.6 is 11.8 Å². The van der Waals surface area contributed by atoms with E-state index in [-0.39, 0.29) is 18.4 Å². The minimum Gasteiger partial charge on any atom is -0.354 e. The van der Waals surface area contributed by atoms with Crippen LogP contribution in [0.5, 0.6) is 0 Å². The van der Waals surface area contributed by atoms with E-state index < -0.39 is 17.7 Å². The number of carbonyl (C=O) groups is 2. The van der Waals surface area contributed by atoms with Gasteiger partial charge in [0, 0.05) is 23.9 Å². The molecule has 0 spiro atoms. The second-order valence-electron chi connectivity index (χ2n) is 5.90. The first-order chi connectivity index (χ1) is 11.9. The number of nitrogens with one attached hydrogen (secondary N) is 1. The molecule has 1 saturated heterocycles. The Hall–Kier alpha value is -1.89. The molecule has 1 aromatic rings. The van der Waals surface area contributed by atoms with E-state index in [9.17, 15) is 18.4 Å². The van der Waals surface area contributed by atoms with Crippen LogP contribution in [-0.4, -0.2) is 40.9 Å². The van der Waals surface area contributed by atoms with Gasteiger partial charge in [-0.15, -0.1) is 11.8 Å². The van der Waals surface area contributed by atoms with Crippen molar-refractivity contribution in [2.75, 3.05) is 18.2 Å². The van der Waals surface area contributed by atoms with Gasteiger partial charge in [-0.2, -0.15) is 0 Å². The van der Waals surface area contributed by atoms with Crippen LogP contribution in [0.4, 0.5) is 8.78 Å². The molecule has 136 valence electrons. The van der Waals surface area contributed by atoms with Crippen molar-refractivity contribution >= 4 is 23.6 Å². The van der Waals surface area contributed by atoms with E-state index in [0.717, 1.165) is 12.5 Å². The van der Waals surface area contributed by atoms with Crippen LogP contribution in [0, 0.1) is 11.6 Å². The second-order valence-corrected chi connectivity index (χ2v) is 6.90. The summed E-state index contributed by atoms with van der Waals surface area (Å²) in [6, 6.07) is 2.79. The number of rotatable bonds is 6. The van der Waals surface area contributed by atoms with Crippen molar-refractivity contribution in [1.82, 2.24) is 10.2 Å². The average molecular weight is 368 g/mol. The lowest BCUT2D eigenvalue weighted by atomic mass is 10.1. The number of hydrogen-bond donors (Lipinski definition) is 1. The van der Waals surface area contributed by atoms with Gasteiger partial charge in [0.1, 0.15) is 17.7 Å². The number of nitrogens with zero attached hydrogens (tertiary/aromatic N) is 1. The molecule has 0 aromatic heterocycles. The maximum atomic E-state index is 13.2. The van der Waals surface area contributed by atoms with Crippen molar-refractivity contribution < 1.29 is 18.4 Å². The van der Waals surface area contributed by atoms with Crippen molar-refractivity contribution in [3.05, 3.63) is 47.0 Å². The van der Waals surface area contributed by atoms with Gasteiger partial charge in [-0.1, -0.05) is 13.0 Å². The SMILES string of the molecule is CC/C=C(/C)C(=O)N1CSCC1C(=O)NCCc1cc(F)cc(F)c1. The number of benzene rings is 1. The van der Waals surface area contributed by atoms with Crippen LogP contribution in [0.25, 0.3) is 0 Å². The minimum atomic E-state index is -0.636. The van der Waals surface area contributed by atoms with Gasteiger partial charge in [0.2, 0.25) is 5.91 Å². The largest absolute Gasteiger partial charge is 0.354 e. The molecule has 0 radical (unpaired) electrons. The van der Waals surface area contributed by atoms with Crippen LogP contribution < -0.4 is 5.32 Å². The fourth-order valence-corrected chi connectivity index (χ4v) is 3.84. The molecule has 1 unspecified atom stereocenters. The molecule has 7 heteroatoms. The van der Waals surface area contributed by atoms with Gasteiger partial charge in [0.25, 0.3) is 5.91 Å². The lowest BCUT2D eigenvalue weighted by Crippen LogP contribution is -2.47. The lowest BCUT2D eigenvalue weighted by Gasteiger charge is -2.23. The topological polar surface area (TPSA) is 49.4 Å². The third-order valence-electron chi connectivity index (χ3n) is 3.93. The lowest BCUT2D eigenvalue weighted by molar-refractivity contribution is -0.135. The first-order valence-electron chi connectivity index (χ1n) is 8.20. The molecular formula is C18H22F2N2O2S. The summed E-state index contributed by atoms with van der Waals surface area (Å²) in [7, 11) is 0. The predicted molar refractivity (Wildman–Crippen MR) is 95.1 cm³/mol. The molecule has 0 aliphatic carbocycles. The molecule has 25 heavy (non-hydrogen) atoms. The third-order valence-corrected chi connectivity index (χ3v) is 4.94. The number of thioether (sulfide) groups is 1. The molecule has 1 aromatic carbocycles. The minimum absolute atomic E-state index is 0.126. The van der Waals surface area contributed by atoms with Crippen LogP contribution in [0.15, 0.2) is 29.8 Å². The summed E-state index contributed by atoms with van der Waals surface area (Å²) in [5, 5.41) is 2.76. The maximum absolute atomic E-state index is 13.2. The molecule has 1 aliphatic rings. The molecule has 1 fully saturated rings. The third kappa shape index (κ3) is 5.29. The summed E-state index contributed by atoms with van der Waals surface area (Å²) in [4.78, 5) is 26.4. The predicted octanol–water partition coefficient (Wildman–Crippen LogP) is 2.88. The van der Waals surface area contributed by atoms with Crippen LogP contribution in [0.2, 0.25) is 0 Å². The zero-order valence-corrected chi connectivity index (χ0v) is 15.2. The highest BCUT2D eigenvalue weighted by molar-refractivity contribution is 7.99. The van der Waals surface area contributed by atoms with Crippen molar-refractivity contribution in [2.45, 2.75) is 32.7 Å². The van der Waals surface area contributed by atoms with Gasteiger partial charge in [-0.05, 0) is 37.5 Å². The quantitative estimate of drug-likeness (QED) is 0.786. The highest BCUT2D eigenvalue weighted by Crippen LogP contribution is 2.23. The van der Waals surface area contributed by atoms with E-state index in [1.54, 1.807) is 11.8 Å². The Morgan fingerprint density at radius 3 is 2.64 bits per heavy atom. The average Bonchev–Trinajstić information content (AvgIpc) is 3.03. The van der Waals surface area contributed by atoms with Gasteiger partial charge < -0.3 is 10.2 Å². The Labute approximate surface area is 150 Å². The standard InChI is InChI=1S/C18H22F2N2O2S/c1-3-4-12(2)18(24)22-11-25-10-16(22)17(23)21-6-5-13-7-14(19)9-15(20)8-13/h4,7-9,16H,3,5-6,10-11H2,1-2H3,(H,21,23)/b12-4-. The van der Waals surface area contributed by atoms with Crippen LogP contribution in [-0.2, 0) is 16.0 Å². The van der Waals surface area contributed by atoms with Gasteiger partial charge in [-0.25, -0.2) is 8.78 Å². The Morgan fingerprint density at radius 1 is 1.32 bits per heavy atom. The molecule has 1 N–H and O–H groups in total. The first kappa shape index (κ1) is 19.4. The highest BCUT2D eigenvalue weighted by atomic mass is 32.2. The summed E-state index contributed by atoms with van der Waals surface area (Å²) in [5.41, 5.74) is 1.12. The Bertz CT molecular complexity index is 659. The summed E-state index contributed by atoms with van der Waals surface area (Å²) >= 11 is 1.53. The molecule has 1 atom stereocenters. The second kappa shape index (κ2) is 8.99. The zero-order chi connectivity index (χ0) is 18.4. The number of amides is 2. The van der Waals surface area contributed by atoms with Crippen LogP contribution in [0.1, 0.15) is 25.8 Å². The Kier molecular flexibility index (Phi) is 6.99. The summed E-state index contributed by atoms with van der Waals surface area (Å²) in [5.74, 6) is -0.599. The summed E-state index contributed by atoms with van der Waals surface area (Å²) in [6.07, 6.45) is 2.93. The van der Waals surface area contributed by atoms with Gasteiger partial charge in [-0.3, -0.25) is 9.59 Å². The van der Waals surface area contributed by atoms with Crippen LogP contribution in [0.3, 0.4) is 0 Å². The monoisotopic (exact) mass is 368 g/mol. The molecular weight excluding hydrogens is 346 g/mol. The zero-order valence-electron chi connectivity index (χ0n) is 14.4. The normalized spacial score (nSPS) is 17.7. The van der Waals surface area contributed by atoms with E-state index in [1.807, 2.05) is 13.0 Å². The van der Waals surface area contributed by atoms with E-state index in [4.69, 9.17) is 0 Å². The Morgan fingerprint density at radius 2 is 2.00 bits per heavy atom. The number of halogens is 2. The van der Waals surface area contributed by atoms with Gasteiger partial charge in [0.15, 0.2) is 0 Å². The van der Waals surface area contributed by atoms with E-state index in [0.29, 0.717) is 29.2 Å². The van der Waals surface area contributed by atoms with Crippen molar-refractivity contribution in [3.8, 4) is 0 Å². The molecule has 1 heterocycles. The van der Waals surface area contributed by atoms with Crippen molar-refractivity contribution in [2.24, 2.45) is 0 Å². The van der Waals surface area contributed by atoms with E-state index in [1.165, 1.54) is 23.9 Å². The molecule has 2 amide bonds. The number of allylic oxidation sites excluding steroid dienone is 1. The summed E-state index contributed by atoms with van der Waals surface area (Å²) in [6.45, 7) is 3.96. The molecule has 4 nitrogen and oxygen atoms in total. The molecule has 0 saturated carbocycles. The van der Waals surface area contributed by atoms with E-state index >= 15 is 0 Å². The van der Waals surface area contributed by atoms with Gasteiger partial charge in [0.05, 0.1) is 5.88 Å². The first-order valence-corrected chi connectivity index (χ1v) is 9.36. The number of carbonyl (C=O) groups excluding carboxylic acids is 2. The molecule has 0 bridgehead atoms. The van der Waals surface area contributed by atoms with Crippen molar-refractivity contribution in [1.29, 1.82) is 0 Å². The summed E-state index contributed by atoms with van der Waals surface area (Å²) < 4.78 is 26.3. The molecule has 2 rings (SSSR count). The Balaban J connectivity index is 1.91. The van der Waals surface area contributed by atoms with Crippen molar-refractivity contribution in [3.63, 3.8) is 0 Å². The fraction of sp³-hybridized carbons (Fsp3) is 0.444. The van der Waals surface area contributed by atoms with E-state index in [2.05, 4.69) is 5.32 Å². The van der Waals surface area contributed by atoms with Gasteiger partial charge >= 0.3 is 0 Å². The maximum Gasteiger partial charge on any atom is 0.250 e. The smallest absolute Gasteiger partial charge is 0.250 e. The fourth-order valence-electron chi connectivity index (χ4n) is 2.68. The number of hydrogen-bond acceptors (Lipinski definition) is 3. The highest BCUT2D eigenvalue weighted by Gasteiger charge is 2.34. The molecule has 1 aliphatic heterocycles.